The van der Waals surface area contributed by atoms with Crippen LogP contribution < -0.4 is 15.5 Å². The molecule has 2 N–H and O–H groups in total. The van der Waals surface area contributed by atoms with E-state index in [1.165, 1.54) is 18.6 Å². The van der Waals surface area contributed by atoms with Crippen molar-refractivity contribution in [2.24, 2.45) is 4.99 Å². The Morgan fingerprint density at radius 1 is 1.22 bits per heavy atom. The summed E-state index contributed by atoms with van der Waals surface area (Å²) in [5, 5.41) is 7.88. The summed E-state index contributed by atoms with van der Waals surface area (Å²) in [6, 6.07) is 7.86. The number of rotatable bonds is 5. The first-order valence-electron chi connectivity index (χ1n) is 9.50. The van der Waals surface area contributed by atoms with E-state index in [0.29, 0.717) is 11.2 Å². The number of piperazine rings is 1. The number of carbonyl (C=O) groups is 1. The summed E-state index contributed by atoms with van der Waals surface area (Å²) in [6.07, 6.45) is 2.55. The molecule has 0 bridgehead atoms. The number of aliphatic imine (C=N–C) groups is 1. The standard InChI is InChI=1S/C19H28ClN5OS/c1-21-19(22-13-17-3-2-12-27-17)23-14-18(26)25-10-8-24(9-11-25)16-6-4-15(20)5-7-16/h4-7,17H,2-3,8-14H2,1H3,(H2,21,22,23). The van der Waals surface area contributed by atoms with Gasteiger partial charge in [0, 0.05) is 55.7 Å². The molecule has 2 fully saturated rings. The van der Waals surface area contributed by atoms with E-state index in [1.54, 1.807) is 7.05 Å². The molecule has 1 amide bonds. The molecule has 2 saturated heterocycles. The zero-order valence-corrected chi connectivity index (χ0v) is 17.4. The first kappa shape index (κ1) is 20.1. The van der Waals surface area contributed by atoms with Crippen molar-refractivity contribution in [3.05, 3.63) is 29.3 Å². The van der Waals surface area contributed by atoms with Gasteiger partial charge in [-0.2, -0.15) is 11.8 Å². The lowest BCUT2D eigenvalue weighted by Crippen LogP contribution is -2.52. The van der Waals surface area contributed by atoms with Crippen LogP contribution in [0.15, 0.2) is 29.3 Å². The Labute approximate surface area is 170 Å². The Kier molecular flexibility index (Phi) is 7.52. The lowest BCUT2D eigenvalue weighted by molar-refractivity contribution is -0.130. The van der Waals surface area contributed by atoms with Crippen molar-refractivity contribution in [2.45, 2.75) is 18.1 Å². The first-order chi connectivity index (χ1) is 13.2. The number of nitrogens with zero attached hydrogens (tertiary/aromatic N) is 3. The summed E-state index contributed by atoms with van der Waals surface area (Å²) >= 11 is 7.96. The van der Waals surface area contributed by atoms with Gasteiger partial charge in [0.1, 0.15) is 0 Å². The van der Waals surface area contributed by atoms with Gasteiger partial charge in [-0.3, -0.25) is 9.79 Å². The number of hydrogen-bond acceptors (Lipinski definition) is 4. The van der Waals surface area contributed by atoms with Gasteiger partial charge in [0.05, 0.1) is 6.54 Å². The minimum atomic E-state index is 0.115. The van der Waals surface area contributed by atoms with Crippen LogP contribution in [-0.4, -0.2) is 74.1 Å². The van der Waals surface area contributed by atoms with E-state index in [-0.39, 0.29) is 12.5 Å². The number of thioether (sulfide) groups is 1. The SMILES string of the molecule is CN=C(NCC(=O)N1CCN(c2ccc(Cl)cc2)CC1)NCC1CCCS1. The van der Waals surface area contributed by atoms with Crippen molar-refractivity contribution < 1.29 is 4.79 Å². The second kappa shape index (κ2) is 10.1. The fourth-order valence-electron chi connectivity index (χ4n) is 3.37. The molecule has 3 rings (SSSR count). The lowest BCUT2D eigenvalue weighted by Gasteiger charge is -2.36. The van der Waals surface area contributed by atoms with Crippen molar-refractivity contribution in [2.75, 3.05) is 57.0 Å². The molecule has 2 aliphatic heterocycles. The molecule has 6 nitrogen and oxygen atoms in total. The second-order valence-electron chi connectivity index (χ2n) is 6.79. The summed E-state index contributed by atoms with van der Waals surface area (Å²) in [7, 11) is 1.74. The van der Waals surface area contributed by atoms with Gasteiger partial charge >= 0.3 is 0 Å². The summed E-state index contributed by atoms with van der Waals surface area (Å²) < 4.78 is 0. The van der Waals surface area contributed by atoms with Gasteiger partial charge in [0.25, 0.3) is 0 Å². The number of hydrogen-bond donors (Lipinski definition) is 2. The maximum absolute atomic E-state index is 12.5. The molecule has 1 aromatic carbocycles. The fraction of sp³-hybridized carbons (Fsp3) is 0.579. The molecule has 8 heteroatoms. The largest absolute Gasteiger partial charge is 0.368 e. The molecule has 0 radical (unpaired) electrons. The zero-order valence-electron chi connectivity index (χ0n) is 15.8. The Morgan fingerprint density at radius 2 is 1.96 bits per heavy atom. The molecule has 1 atom stereocenters. The van der Waals surface area contributed by atoms with Gasteiger partial charge in [-0.1, -0.05) is 11.6 Å². The molecule has 148 valence electrons. The highest BCUT2D eigenvalue weighted by molar-refractivity contribution is 8.00. The van der Waals surface area contributed by atoms with Crippen LogP contribution in [-0.2, 0) is 4.79 Å². The molecule has 0 aliphatic carbocycles. The Bertz CT molecular complexity index is 640. The zero-order chi connectivity index (χ0) is 19.1. The smallest absolute Gasteiger partial charge is 0.242 e. The van der Waals surface area contributed by atoms with E-state index in [0.717, 1.165) is 43.4 Å². The number of carbonyl (C=O) groups excluding carboxylic acids is 1. The van der Waals surface area contributed by atoms with Crippen molar-refractivity contribution in [3.63, 3.8) is 0 Å². The highest BCUT2D eigenvalue weighted by atomic mass is 35.5. The van der Waals surface area contributed by atoms with Crippen LogP contribution in [0.4, 0.5) is 5.69 Å². The van der Waals surface area contributed by atoms with Gasteiger partial charge in [-0.05, 0) is 42.9 Å². The van der Waals surface area contributed by atoms with E-state index >= 15 is 0 Å². The number of anilines is 1. The fourth-order valence-corrected chi connectivity index (χ4v) is 4.70. The van der Waals surface area contributed by atoms with Gasteiger partial charge in [-0.25, -0.2) is 0 Å². The number of benzene rings is 1. The molecule has 0 aromatic heterocycles. The molecule has 2 heterocycles. The average molecular weight is 410 g/mol. The van der Waals surface area contributed by atoms with Crippen LogP contribution in [0.25, 0.3) is 0 Å². The predicted molar refractivity (Wildman–Crippen MR) is 115 cm³/mol. The third-order valence-electron chi connectivity index (χ3n) is 4.98. The topological polar surface area (TPSA) is 60.0 Å². The van der Waals surface area contributed by atoms with Crippen LogP contribution in [0.1, 0.15) is 12.8 Å². The highest BCUT2D eigenvalue weighted by Crippen LogP contribution is 2.25. The lowest BCUT2D eigenvalue weighted by atomic mass is 10.2. The first-order valence-corrected chi connectivity index (χ1v) is 10.9. The van der Waals surface area contributed by atoms with E-state index in [2.05, 4.69) is 20.5 Å². The average Bonchev–Trinajstić information content (AvgIpc) is 3.22. The Morgan fingerprint density at radius 3 is 2.59 bits per heavy atom. The minimum absolute atomic E-state index is 0.115. The van der Waals surface area contributed by atoms with Gasteiger partial charge in [0.15, 0.2) is 5.96 Å². The number of halogens is 1. The van der Waals surface area contributed by atoms with E-state index in [4.69, 9.17) is 11.6 Å². The van der Waals surface area contributed by atoms with E-state index in [9.17, 15) is 4.79 Å². The van der Waals surface area contributed by atoms with Crippen LogP contribution in [0.3, 0.4) is 0 Å². The molecule has 27 heavy (non-hydrogen) atoms. The quantitative estimate of drug-likeness (QED) is 0.575. The molecular formula is C19H28ClN5OS. The van der Waals surface area contributed by atoms with Crippen molar-refractivity contribution in [3.8, 4) is 0 Å². The normalized spacial score (nSPS) is 20.7. The van der Waals surface area contributed by atoms with Gasteiger partial charge in [-0.15, -0.1) is 0 Å². The number of guanidine groups is 1. The third kappa shape index (κ3) is 5.94. The van der Waals surface area contributed by atoms with Gasteiger partial charge in [0.2, 0.25) is 5.91 Å². The van der Waals surface area contributed by atoms with Crippen molar-refractivity contribution in [1.82, 2.24) is 15.5 Å². The van der Waals surface area contributed by atoms with Crippen LogP contribution in [0.5, 0.6) is 0 Å². The second-order valence-corrected chi connectivity index (χ2v) is 8.63. The van der Waals surface area contributed by atoms with Crippen LogP contribution >= 0.6 is 23.4 Å². The molecule has 1 unspecified atom stereocenters. The molecule has 0 saturated carbocycles. The van der Waals surface area contributed by atoms with Crippen molar-refractivity contribution in [1.29, 1.82) is 0 Å². The van der Waals surface area contributed by atoms with E-state index < -0.39 is 0 Å². The molecule has 2 aliphatic rings. The number of nitrogens with one attached hydrogen (secondary N) is 2. The molecule has 1 aromatic rings. The summed E-state index contributed by atoms with van der Waals surface area (Å²) in [6.45, 7) is 4.30. The Hall–Kier alpha value is -1.60. The maximum Gasteiger partial charge on any atom is 0.242 e. The monoisotopic (exact) mass is 409 g/mol. The van der Waals surface area contributed by atoms with Crippen molar-refractivity contribution >= 4 is 40.9 Å². The number of amides is 1. The predicted octanol–water partition coefficient (Wildman–Crippen LogP) is 2.05. The van der Waals surface area contributed by atoms with E-state index in [1.807, 2.05) is 40.9 Å². The summed E-state index contributed by atoms with van der Waals surface area (Å²) in [4.78, 5) is 20.9. The maximum atomic E-state index is 12.5. The minimum Gasteiger partial charge on any atom is -0.368 e. The molecule has 0 spiro atoms. The molecular weight excluding hydrogens is 382 g/mol. The third-order valence-corrected chi connectivity index (χ3v) is 6.63. The van der Waals surface area contributed by atoms with Crippen LogP contribution in [0, 0.1) is 0 Å². The van der Waals surface area contributed by atoms with Gasteiger partial charge < -0.3 is 20.4 Å². The highest BCUT2D eigenvalue weighted by Gasteiger charge is 2.21. The summed E-state index contributed by atoms with van der Waals surface area (Å²) in [5.41, 5.74) is 1.15. The van der Waals surface area contributed by atoms with Crippen LogP contribution in [0.2, 0.25) is 5.02 Å². The Balaban J connectivity index is 1.39. The summed E-state index contributed by atoms with van der Waals surface area (Å²) in [5.74, 6) is 2.07.